The quantitative estimate of drug-likeness (QED) is 0.453. The fourth-order valence-corrected chi connectivity index (χ4v) is 3.59. The highest BCUT2D eigenvalue weighted by Crippen LogP contribution is 2.28. The number of amides is 1. The van der Waals surface area contributed by atoms with Gasteiger partial charge < -0.3 is 10.1 Å². The smallest absolute Gasteiger partial charge is 0.422 e. The normalized spacial score (nSPS) is 11.9. The van der Waals surface area contributed by atoms with E-state index in [4.69, 9.17) is 4.74 Å². The first kappa shape index (κ1) is 22.5. The molecule has 7 nitrogen and oxygen atoms in total. The van der Waals surface area contributed by atoms with Gasteiger partial charge in [0, 0.05) is 35.4 Å². The van der Waals surface area contributed by atoms with Crippen LogP contribution in [0.2, 0.25) is 0 Å². The monoisotopic (exact) mass is 457 g/mol. The Labute approximate surface area is 187 Å². The summed E-state index contributed by atoms with van der Waals surface area (Å²) in [7, 11) is 0. The summed E-state index contributed by atoms with van der Waals surface area (Å²) in [5.41, 5.74) is 2.08. The molecule has 4 rings (SSSR count). The third kappa shape index (κ3) is 5.39. The van der Waals surface area contributed by atoms with Crippen LogP contribution in [0.15, 0.2) is 48.9 Å². The number of hydrogen-bond acceptors (Lipinski definition) is 5. The van der Waals surface area contributed by atoms with Crippen LogP contribution in [0, 0.1) is 0 Å². The predicted molar refractivity (Wildman–Crippen MR) is 117 cm³/mol. The van der Waals surface area contributed by atoms with Crippen LogP contribution in [0.25, 0.3) is 21.7 Å². The zero-order valence-corrected chi connectivity index (χ0v) is 18.1. The molecule has 1 amide bonds. The molecule has 0 spiro atoms. The summed E-state index contributed by atoms with van der Waals surface area (Å²) in [5, 5.41) is 9.40. The Kier molecular flexibility index (Phi) is 6.17. The number of carbonyl (C=O) groups excluding carboxylic acids is 1. The van der Waals surface area contributed by atoms with Crippen molar-refractivity contribution in [3.63, 3.8) is 0 Å². The molecule has 3 heterocycles. The molecular weight excluding hydrogens is 435 g/mol. The van der Waals surface area contributed by atoms with Crippen LogP contribution in [0.1, 0.15) is 25.1 Å². The maximum absolute atomic E-state index is 12.6. The van der Waals surface area contributed by atoms with E-state index in [1.807, 2.05) is 20.0 Å². The Balaban J connectivity index is 1.63. The number of aromatic nitrogens is 4. The molecule has 0 aliphatic carbocycles. The van der Waals surface area contributed by atoms with Crippen molar-refractivity contribution < 1.29 is 22.7 Å². The van der Waals surface area contributed by atoms with Crippen LogP contribution in [0.4, 0.5) is 13.2 Å². The predicted octanol–water partition coefficient (Wildman–Crippen LogP) is 4.04. The molecular formula is C23H22F3N5O2. The molecule has 0 saturated carbocycles. The summed E-state index contributed by atoms with van der Waals surface area (Å²) >= 11 is 0. The second-order valence-corrected chi connectivity index (χ2v) is 7.95. The van der Waals surface area contributed by atoms with Crippen LogP contribution < -0.4 is 10.1 Å². The zero-order valence-electron chi connectivity index (χ0n) is 18.1. The van der Waals surface area contributed by atoms with E-state index in [0.717, 1.165) is 16.3 Å². The lowest BCUT2D eigenvalue weighted by atomic mass is 10.1. The first-order chi connectivity index (χ1) is 15.7. The average Bonchev–Trinajstić information content (AvgIpc) is 3.15. The second-order valence-electron chi connectivity index (χ2n) is 7.95. The molecule has 10 heteroatoms. The average molecular weight is 457 g/mol. The van der Waals surface area contributed by atoms with E-state index in [9.17, 15) is 18.0 Å². The molecule has 1 aromatic carbocycles. The van der Waals surface area contributed by atoms with Crippen molar-refractivity contribution in [2.45, 2.75) is 39.0 Å². The highest BCUT2D eigenvalue weighted by atomic mass is 19.4. The lowest BCUT2D eigenvalue weighted by molar-refractivity contribution is -0.153. The van der Waals surface area contributed by atoms with E-state index in [1.54, 1.807) is 41.2 Å². The SMILES string of the molecule is CC(C)NC(=O)Cc1nccc2nn(Cc3cnc(OCC(F)(F)F)c4ccccc34)cc12. The lowest BCUT2D eigenvalue weighted by Crippen LogP contribution is -2.31. The van der Waals surface area contributed by atoms with Gasteiger partial charge in [-0.25, -0.2) is 4.98 Å². The minimum Gasteiger partial charge on any atom is -0.468 e. The van der Waals surface area contributed by atoms with Gasteiger partial charge in [-0.1, -0.05) is 18.2 Å². The summed E-state index contributed by atoms with van der Waals surface area (Å²) in [6.45, 7) is 2.71. The fraction of sp³-hybridized carbons (Fsp3) is 0.304. The minimum atomic E-state index is -4.45. The number of carbonyl (C=O) groups is 1. The van der Waals surface area contributed by atoms with Crippen LogP contribution >= 0.6 is 0 Å². The van der Waals surface area contributed by atoms with Crippen molar-refractivity contribution >= 4 is 27.6 Å². The van der Waals surface area contributed by atoms with E-state index in [1.165, 1.54) is 6.20 Å². The highest BCUT2D eigenvalue weighted by molar-refractivity contribution is 5.90. The highest BCUT2D eigenvalue weighted by Gasteiger charge is 2.29. The number of benzene rings is 1. The Morgan fingerprint density at radius 2 is 1.88 bits per heavy atom. The molecule has 0 unspecified atom stereocenters. The van der Waals surface area contributed by atoms with Gasteiger partial charge in [-0.05, 0) is 36.9 Å². The Morgan fingerprint density at radius 3 is 2.61 bits per heavy atom. The molecule has 0 aliphatic rings. The van der Waals surface area contributed by atoms with Crippen LogP contribution in [-0.2, 0) is 17.8 Å². The molecule has 172 valence electrons. The van der Waals surface area contributed by atoms with Gasteiger partial charge in [0.05, 0.1) is 24.2 Å². The van der Waals surface area contributed by atoms with E-state index in [0.29, 0.717) is 23.1 Å². The van der Waals surface area contributed by atoms with E-state index in [2.05, 4.69) is 20.4 Å². The Morgan fingerprint density at radius 1 is 1.12 bits per heavy atom. The first-order valence-electron chi connectivity index (χ1n) is 10.4. The first-order valence-corrected chi connectivity index (χ1v) is 10.4. The molecule has 0 atom stereocenters. The van der Waals surface area contributed by atoms with Gasteiger partial charge in [-0.2, -0.15) is 18.3 Å². The van der Waals surface area contributed by atoms with Crippen molar-refractivity contribution in [1.29, 1.82) is 0 Å². The van der Waals surface area contributed by atoms with Gasteiger partial charge >= 0.3 is 6.18 Å². The Hall–Kier alpha value is -3.69. The van der Waals surface area contributed by atoms with Crippen LogP contribution in [0.3, 0.4) is 0 Å². The largest absolute Gasteiger partial charge is 0.468 e. The molecule has 0 saturated heterocycles. The molecule has 0 fully saturated rings. The number of nitrogens with zero attached hydrogens (tertiary/aromatic N) is 4. The fourth-order valence-electron chi connectivity index (χ4n) is 3.59. The molecule has 4 aromatic rings. The summed E-state index contributed by atoms with van der Waals surface area (Å²) in [6.07, 6.45) is 0.603. The molecule has 33 heavy (non-hydrogen) atoms. The number of pyridine rings is 2. The number of ether oxygens (including phenoxy) is 1. The number of nitrogens with one attached hydrogen (secondary N) is 1. The van der Waals surface area contributed by atoms with Gasteiger partial charge in [0.2, 0.25) is 11.8 Å². The van der Waals surface area contributed by atoms with Gasteiger partial charge in [0.1, 0.15) is 0 Å². The van der Waals surface area contributed by atoms with E-state index >= 15 is 0 Å². The van der Waals surface area contributed by atoms with Crippen molar-refractivity contribution in [1.82, 2.24) is 25.1 Å². The number of hydrogen-bond donors (Lipinski definition) is 1. The number of rotatable bonds is 7. The number of fused-ring (bicyclic) bond motifs is 2. The molecule has 0 radical (unpaired) electrons. The second kappa shape index (κ2) is 9.05. The molecule has 0 aliphatic heterocycles. The lowest BCUT2D eigenvalue weighted by Gasteiger charge is -2.13. The summed E-state index contributed by atoms with van der Waals surface area (Å²) in [4.78, 5) is 20.6. The van der Waals surface area contributed by atoms with Crippen LogP contribution in [0.5, 0.6) is 5.88 Å². The zero-order chi connectivity index (χ0) is 23.6. The minimum absolute atomic E-state index is 0.0308. The maximum Gasteiger partial charge on any atom is 0.422 e. The Bertz CT molecular complexity index is 1300. The van der Waals surface area contributed by atoms with Gasteiger partial charge in [-0.15, -0.1) is 0 Å². The maximum atomic E-state index is 12.6. The number of alkyl halides is 3. The van der Waals surface area contributed by atoms with E-state index < -0.39 is 12.8 Å². The summed E-state index contributed by atoms with van der Waals surface area (Å²) in [5.74, 6) is -0.192. The van der Waals surface area contributed by atoms with Gasteiger partial charge in [0.15, 0.2) is 6.61 Å². The van der Waals surface area contributed by atoms with Crippen molar-refractivity contribution in [2.24, 2.45) is 0 Å². The van der Waals surface area contributed by atoms with Crippen LogP contribution in [-0.4, -0.2) is 44.5 Å². The molecule has 1 N–H and O–H groups in total. The standard InChI is InChI=1S/C23H22F3N5O2/c1-14(2)29-21(32)9-20-18-12-31(30-19(18)7-8-27-20)11-15-10-28-22(33-13-23(24,25)26)17-6-4-3-5-16(15)17/h3-8,10,12,14H,9,11,13H2,1-2H3,(H,29,32). The van der Waals surface area contributed by atoms with Gasteiger partial charge in [0.25, 0.3) is 0 Å². The van der Waals surface area contributed by atoms with Crippen molar-refractivity contribution in [3.05, 3.63) is 60.2 Å². The van der Waals surface area contributed by atoms with Crippen molar-refractivity contribution in [3.8, 4) is 5.88 Å². The summed E-state index contributed by atoms with van der Waals surface area (Å²) in [6, 6.07) is 8.79. The third-order valence-electron chi connectivity index (χ3n) is 4.89. The number of halogens is 3. The van der Waals surface area contributed by atoms with E-state index in [-0.39, 0.29) is 24.2 Å². The topological polar surface area (TPSA) is 81.9 Å². The summed E-state index contributed by atoms with van der Waals surface area (Å²) < 4.78 is 44.4. The van der Waals surface area contributed by atoms with Gasteiger partial charge in [-0.3, -0.25) is 14.5 Å². The third-order valence-corrected chi connectivity index (χ3v) is 4.89. The van der Waals surface area contributed by atoms with Crippen molar-refractivity contribution in [2.75, 3.05) is 6.61 Å². The molecule has 0 bridgehead atoms. The molecule has 3 aromatic heterocycles.